The minimum Gasteiger partial charge on any atom is -0.488 e. The number of nitrogens with zero attached hydrogens (tertiary/aromatic N) is 1. The van der Waals surface area contributed by atoms with Crippen LogP contribution in [-0.4, -0.2) is 16.0 Å². The molecule has 0 radical (unpaired) electrons. The van der Waals surface area contributed by atoms with Crippen molar-refractivity contribution in [3.63, 3.8) is 0 Å². The van der Waals surface area contributed by atoms with Gasteiger partial charge in [0.2, 0.25) is 0 Å². The van der Waals surface area contributed by atoms with E-state index in [9.17, 15) is 14.9 Å². The Morgan fingerprint density at radius 1 is 1.38 bits per heavy atom. The number of ether oxygens (including phenoxy) is 1. The molecular formula is C14H11NO5S. The van der Waals surface area contributed by atoms with Crippen LogP contribution < -0.4 is 4.74 Å². The van der Waals surface area contributed by atoms with Gasteiger partial charge in [0.1, 0.15) is 12.4 Å². The first-order valence-corrected chi connectivity index (χ1v) is 6.73. The molecule has 0 atom stereocenters. The zero-order chi connectivity index (χ0) is 15.2. The second kappa shape index (κ2) is 6.67. The second-order valence-electron chi connectivity index (χ2n) is 4.02. The maximum Gasteiger partial charge on any atom is 0.328 e. The second-order valence-corrected chi connectivity index (χ2v) is 5.22. The van der Waals surface area contributed by atoms with Crippen LogP contribution >= 0.6 is 11.3 Å². The van der Waals surface area contributed by atoms with E-state index < -0.39 is 10.9 Å². The van der Waals surface area contributed by atoms with Gasteiger partial charge in [-0.05, 0) is 24.3 Å². The number of thiophene rings is 1. The van der Waals surface area contributed by atoms with Crippen LogP contribution in [0, 0.1) is 10.1 Å². The summed E-state index contributed by atoms with van der Waals surface area (Å²) < 4.78 is 5.49. The lowest BCUT2D eigenvalue weighted by Crippen LogP contribution is -1.94. The Bertz CT molecular complexity index is 692. The summed E-state index contributed by atoms with van der Waals surface area (Å²) in [6.45, 7) is 0.271. The lowest BCUT2D eigenvalue weighted by Gasteiger charge is -2.03. The van der Waals surface area contributed by atoms with E-state index >= 15 is 0 Å². The molecule has 0 aliphatic rings. The smallest absolute Gasteiger partial charge is 0.328 e. The summed E-state index contributed by atoms with van der Waals surface area (Å²) in [5.74, 6) is -0.585. The molecule has 108 valence electrons. The van der Waals surface area contributed by atoms with Crippen molar-refractivity contribution in [3.05, 3.63) is 62.3 Å². The topological polar surface area (TPSA) is 89.7 Å². The number of rotatable bonds is 6. The van der Waals surface area contributed by atoms with Gasteiger partial charge in [0, 0.05) is 21.9 Å². The van der Waals surface area contributed by atoms with E-state index in [1.807, 2.05) is 6.07 Å². The molecule has 6 nitrogen and oxygen atoms in total. The van der Waals surface area contributed by atoms with Gasteiger partial charge in [-0.25, -0.2) is 4.79 Å². The number of carboxylic acid groups (broad SMARTS) is 1. The van der Waals surface area contributed by atoms with Crippen LogP contribution in [0.5, 0.6) is 5.75 Å². The average molecular weight is 305 g/mol. The van der Waals surface area contributed by atoms with Crippen LogP contribution in [0.4, 0.5) is 5.69 Å². The molecule has 0 amide bonds. The first-order chi connectivity index (χ1) is 10.0. The van der Waals surface area contributed by atoms with Crippen molar-refractivity contribution >= 4 is 29.1 Å². The molecule has 0 fully saturated rings. The Kier molecular flexibility index (Phi) is 4.68. The first kappa shape index (κ1) is 14.7. The first-order valence-electron chi connectivity index (χ1n) is 5.91. The average Bonchev–Trinajstić information content (AvgIpc) is 2.91. The molecule has 1 aromatic carbocycles. The number of hydrogen-bond acceptors (Lipinski definition) is 5. The van der Waals surface area contributed by atoms with E-state index in [0.29, 0.717) is 5.75 Å². The van der Waals surface area contributed by atoms with Crippen molar-refractivity contribution in [2.75, 3.05) is 0 Å². The van der Waals surface area contributed by atoms with Gasteiger partial charge in [-0.2, -0.15) is 0 Å². The van der Waals surface area contributed by atoms with E-state index in [2.05, 4.69) is 0 Å². The maximum atomic E-state index is 10.7. The number of non-ortho nitro benzene ring substituents is 1. The Labute approximate surface area is 124 Å². The molecule has 1 heterocycles. The van der Waals surface area contributed by atoms with Crippen LogP contribution in [0.2, 0.25) is 0 Å². The van der Waals surface area contributed by atoms with Crippen LogP contribution in [0.3, 0.4) is 0 Å². The third kappa shape index (κ3) is 4.43. The van der Waals surface area contributed by atoms with Gasteiger partial charge in [0.25, 0.3) is 5.69 Å². The van der Waals surface area contributed by atoms with Gasteiger partial charge >= 0.3 is 5.97 Å². The zero-order valence-electron chi connectivity index (χ0n) is 10.8. The van der Waals surface area contributed by atoms with Crippen molar-refractivity contribution in [3.8, 4) is 5.75 Å². The van der Waals surface area contributed by atoms with E-state index in [1.54, 1.807) is 18.2 Å². The summed E-state index contributed by atoms with van der Waals surface area (Å²) in [5.41, 5.74) is -0.0243. The van der Waals surface area contributed by atoms with E-state index in [4.69, 9.17) is 9.84 Å². The Balaban J connectivity index is 1.98. The molecule has 0 unspecified atom stereocenters. The third-order valence-electron chi connectivity index (χ3n) is 2.48. The Morgan fingerprint density at radius 3 is 2.90 bits per heavy atom. The highest BCUT2D eigenvalue weighted by Gasteiger charge is 2.07. The highest BCUT2D eigenvalue weighted by Crippen LogP contribution is 2.23. The fourth-order valence-corrected chi connectivity index (χ4v) is 2.39. The molecule has 2 aromatic rings. The standard InChI is InChI=1S/C14H11NO5S/c16-14(17)7-6-12-4-5-13(21-12)9-20-11-3-1-2-10(8-11)15(18)19/h1-8H,9H2,(H,16,17). The minimum atomic E-state index is -1.00. The summed E-state index contributed by atoms with van der Waals surface area (Å²) in [6, 6.07) is 9.57. The molecule has 0 spiro atoms. The molecule has 0 bridgehead atoms. The number of aliphatic carboxylic acids is 1. The van der Waals surface area contributed by atoms with Crippen LogP contribution in [0.15, 0.2) is 42.5 Å². The number of nitro benzene ring substituents is 1. The van der Waals surface area contributed by atoms with E-state index in [0.717, 1.165) is 15.8 Å². The highest BCUT2D eigenvalue weighted by atomic mass is 32.1. The van der Waals surface area contributed by atoms with Crippen molar-refractivity contribution in [2.45, 2.75) is 6.61 Å². The van der Waals surface area contributed by atoms with E-state index in [1.165, 1.54) is 29.5 Å². The molecule has 0 saturated heterocycles. The number of carboxylic acids is 1. The third-order valence-corrected chi connectivity index (χ3v) is 3.51. The van der Waals surface area contributed by atoms with Gasteiger partial charge in [0.05, 0.1) is 11.0 Å². The molecule has 7 heteroatoms. The lowest BCUT2D eigenvalue weighted by molar-refractivity contribution is -0.384. The number of hydrogen-bond donors (Lipinski definition) is 1. The number of benzene rings is 1. The van der Waals surface area contributed by atoms with Crippen molar-refractivity contribution < 1.29 is 19.6 Å². The summed E-state index contributed by atoms with van der Waals surface area (Å²) in [7, 11) is 0. The Morgan fingerprint density at radius 2 is 2.19 bits per heavy atom. The highest BCUT2D eigenvalue weighted by molar-refractivity contribution is 7.12. The molecule has 1 aromatic heterocycles. The van der Waals surface area contributed by atoms with Gasteiger partial charge in [-0.3, -0.25) is 10.1 Å². The maximum absolute atomic E-state index is 10.7. The van der Waals surface area contributed by atoms with Crippen LogP contribution in [0.1, 0.15) is 9.75 Å². The molecular weight excluding hydrogens is 294 g/mol. The quantitative estimate of drug-likeness (QED) is 0.502. The number of nitro groups is 1. The number of carbonyl (C=O) groups is 1. The normalized spacial score (nSPS) is 10.7. The predicted octanol–water partition coefficient (Wildman–Crippen LogP) is 3.33. The molecule has 1 N–H and O–H groups in total. The fraction of sp³-hybridized carbons (Fsp3) is 0.0714. The lowest BCUT2D eigenvalue weighted by atomic mass is 10.3. The molecule has 0 aliphatic carbocycles. The van der Waals surface area contributed by atoms with Crippen LogP contribution in [-0.2, 0) is 11.4 Å². The van der Waals surface area contributed by atoms with Gasteiger partial charge < -0.3 is 9.84 Å². The molecule has 21 heavy (non-hydrogen) atoms. The molecule has 2 rings (SSSR count). The largest absolute Gasteiger partial charge is 0.488 e. The summed E-state index contributed by atoms with van der Waals surface area (Å²) in [6.07, 6.45) is 2.57. The summed E-state index contributed by atoms with van der Waals surface area (Å²) in [4.78, 5) is 22.3. The summed E-state index contributed by atoms with van der Waals surface area (Å²) in [5, 5.41) is 19.2. The Hall–Kier alpha value is -2.67. The monoisotopic (exact) mass is 305 g/mol. The molecule has 0 saturated carbocycles. The van der Waals surface area contributed by atoms with E-state index in [-0.39, 0.29) is 12.3 Å². The fourth-order valence-electron chi connectivity index (χ4n) is 1.56. The minimum absolute atomic E-state index is 0.0243. The van der Waals surface area contributed by atoms with Crippen LogP contribution in [0.25, 0.3) is 6.08 Å². The summed E-state index contributed by atoms with van der Waals surface area (Å²) >= 11 is 1.40. The predicted molar refractivity (Wildman–Crippen MR) is 78.4 cm³/mol. The van der Waals surface area contributed by atoms with Gasteiger partial charge in [-0.1, -0.05) is 6.07 Å². The van der Waals surface area contributed by atoms with Crippen molar-refractivity contribution in [1.82, 2.24) is 0 Å². The zero-order valence-corrected chi connectivity index (χ0v) is 11.6. The van der Waals surface area contributed by atoms with Crippen molar-refractivity contribution in [1.29, 1.82) is 0 Å². The van der Waals surface area contributed by atoms with Gasteiger partial charge in [-0.15, -0.1) is 11.3 Å². The van der Waals surface area contributed by atoms with Crippen molar-refractivity contribution in [2.24, 2.45) is 0 Å². The SMILES string of the molecule is O=C(O)C=Cc1ccc(COc2cccc([N+](=O)[O-])c2)s1. The molecule has 0 aliphatic heterocycles. The van der Waals surface area contributed by atoms with Gasteiger partial charge in [0.15, 0.2) is 0 Å².